The molecule has 0 saturated heterocycles. The molecule has 0 spiro atoms. The molecule has 0 aromatic rings. The Bertz CT molecular complexity index is 254. The molecule has 0 aliphatic heterocycles. The number of carboxylic acid groups (broad SMARTS) is 1. The lowest BCUT2D eigenvalue weighted by Gasteiger charge is -2.04. The van der Waals surface area contributed by atoms with Crippen molar-refractivity contribution in [1.29, 1.82) is 0 Å². The normalized spacial score (nSPS) is 16.3. The summed E-state index contributed by atoms with van der Waals surface area (Å²) >= 11 is 0. The van der Waals surface area contributed by atoms with Crippen molar-refractivity contribution in [3.63, 3.8) is 0 Å². The van der Waals surface area contributed by atoms with E-state index in [0.717, 1.165) is 12.8 Å². The lowest BCUT2D eigenvalue weighted by atomic mass is 10.1. The van der Waals surface area contributed by atoms with Crippen molar-refractivity contribution in [1.82, 2.24) is 0 Å². The van der Waals surface area contributed by atoms with Crippen LogP contribution in [-0.2, 0) is 9.36 Å². The van der Waals surface area contributed by atoms with E-state index in [4.69, 9.17) is 10.8 Å². The smallest absolute Gasteiger partial charge is 0.324 e. The summed E-state index contributed by atoms with van der Waals surface area (Å²) in [4.78, 5) is 21.2. The van der Waals surface area contributed by atoms with Gasteiger partial charge in [0, 0.05) is 0 Å². The Morgan fingerprint density at radius 2 is 2.20 bits per heavy atom. The van der Waals surface area contributed by atoms with Crippen LogP contribution in [0.3, 0.4) is 0 Å². The van der Waals surface area contributed by atoms with E-state index < -0.39 is 25.7 Å². The SMILES string of the molecule is CCCCC(/C=C\C(N)C(=O)O)[P+](=O)[O-]. The van der Waals surface area contributed by atoms with Crippen LogP contribution in [0.5, 0.6) is 0 Å². The minimum Gasteiger partial charge on any atom is -0.595 e. The van der Waals surface area contributed by atoms with E-state index >= 15 is 0 Å². The van der Waals surface area contributed by atoms with Crippen LogP contribution in [0.2, 0.25) is 0 Å². The highest BCUT2D eigenvalue weighted by atomic mass is 31.1. The van der Waals surface area contributed by atoms with Crippen molar-refractivity contribution in [2.45, 2.75) is 37.9 Å². The first kappa shape index (κ1) is 14.2. The van der Waals surface area contributed by atoms with E-state index in [1.165, 1.54) is 12.2 Å². The molecule has 0 aliphatic rings. The number of nitrogens with two attached hydrogens (primary N) is 1. The third kappa shape index (κ3) is 6.33. The summed E-state index contributed by atoms with van der Waals surface area (Å²) in [6.45, 7) is 1.96. The third-order valence-electron chi connectivity index (χ3n) is 1.95. The summed E-state index contributed by atoms with van der Waals surface area (Å²) in [5.74, 6) is -1.17. The minimum atomic E-state index is -2.56. The predicted octanol–water partition coefficient (Wildman–Crippen LogP) is 0.616. The molecule has 0 aromatic carbocycles. The van der Waals surface area contributed by atoms with Gasteiger partial charge in [0.15, 0.2) is 5.66 Å². The van der Waals surface area contributed by atoms with E-state index in [0.29, 0.717) is 6.42 Å². The Balaban J connectivity index is 4.27. The topological polar surface area (TPSA) is 103 Å². The van der Waals surface area contributed by atoms with Crippen LogP contribution >= 0.6 is 8.03 Å². The average Bonchev–Trinajstić information content (AvgIpc) is 2.16. The first-order valence-electron chi connectivity index (χ1n) is 4.79. The van der Waals surface area contributed by atoms with Crippen LogP contribution in [0.25, 0.3) is 0 Å². The Morgan fingerprint density at radius 3 is 2.60 bits per heavy atom. The molecule has 15 heavy (non-hydrogen) atoms. The molecule has 0 heterocycles. The van der Waals surface area contributed by atoms with Crippen molar-refractivity contribution in [2.24, 2.45) is 5.73 Å². The maximum Gasteiger partial charge on any atom is 0.324 e. The largest absolute Gasteiger partial charge is 0.595 e. The Morgan fingerprint density at radius 1 is 1.60 bits per heavy atom. The fraction of sp³-hybridized carbons (Fsp3) is 0.667. The molecule has 0 aromatic heterocycles. The highest BCUT2D eigenvalue weighted by molar-refractivity contribution is 7.37. The Kier molecular flexibility index (Phi) is 7.13. The molecule has 6 heteroatoms. The standard InChI is InChI=1S/C9H16NO4P/c1-2-3-4-7(15(13)14)5-6-8(10)9(11)12/h5-8H,2-4,10H2,1H3,(H,11,12)/b6-5-. The monoisotopic (exact) mass is 233 g/mol. The van der Waals surface area contributed by atoms with Gasteiger partial charge in [0.25, 0.3) is 0 Å². The lowest BCUT2D eigenvalue weighted by molar-refractivity contribution is -0.165. The van der Waals surface area contributed by atoms with Crippen LogP contribution in [0.15, 0.2) is 12.2 Å². The van der Waals surface area contributed by atoms with Crippen molar-refractivity contribution in [3.05, 3.63) is 12.2 Å². The highest BCUT2D eigenvalue weighted by Gasteiger charge is 2.18. The molecule has 3 unspecified atom stereocenters. The molecule has 0 aliphatic carbocycles. The second-order valence-electron chi connectivity index (χ2n) is 3.24. The van der Waals surface area contributed by atoms with Crippen LogP contribution in [0.1, 0.15) is 26.2 Å². The van der Waals surface area contributed by atoms with E-state index in [1.807, 2.05) is 6.92 Å². The molecule has 0 rings (SSSR count). The molecular formula is C9H16NO4P. The van der Waals surface area contributed by atoms with Gasteiger partial charge in [0.05, 0.1) is 0 Å². The second-order valence-corrected chi connectivity index (χ2v) is 4.48. The molecule has 5 nitrogen and oxygen atoms in total. The molecule has 86 valence electrons. The number of aliphatic carboxylic acids is 1. The Hall–Kier alpha value is -0.770. The molecule has 0 amide bonds. The molecule has 0 fully saturated rings. The molecule has 0 saturated carbocycles. The van der Waals surface area contributed by atoms with Gasteiger partial charge in [-0.05, 0) is 18.9 Å². The number of carboxylic acids is 1. The van der Waals surface area contributed by atoms with Crippen LogP contribution in [0, 0.1) is 0 Å². The summed E-state index contributed by atoms with van der Waals surface area (Å²) in [6.07, 6.45) is 4.78. The third-order valence-corrected chi connectivity index (χ3v) is 2.92. The van der Waals surface area contributed by atoms with Gasteiger partial charge in [-0.15, -0.1) is 0 Å². The predicted molar refractivity (Wildman–Crippen MR) is 55.7 cm³/mol. The van der Waals surface area contributed by atoms with E-state index in [1.54, 1.807) is 0 Å². The fourth-order valence-corrected chi connectivity index (χ4v) is 1.65. The van der Waals surface area contributed by atoms with Crippen LogP contribution < -0.4 is 10.6 Å². The maximum absolute atomic E-state index is 10.8. The van der Waals surface area contributed by atoms with Crippen molar-refractivity contribution < 1.29 is 19.4 Å². The van der Waals surface area contributed by atoms with Gasteiger partial charge in [-0.1, -0.05) is 24.0 Å². The molecular weight excluding hydrogens is 217 g/mol. The molecule has 0 bridgehead atoms. The van der Waals surface area contributed by atoms with E-state index in [9.17, 15) is 14.3 Å². The zero-order valence-electron chi connectivity index (χ0n) is 8.63. The highest BCUT2D eigenvalue weighted by Crippen LogP contribution is 2.24. The van der Waals surface area contributed by atoms with Gasteiger partial charge in [0.1, 0.15) is 6.04 Å². The number of allylic oxidation sites excluding steroid dienone is 1. The summed E-state index contributed by atoms with van der Waals surface area (Å²) in [5.41, 5.74) is 4.60. The zero-order chi connectivity index (χ0) is 11.8. The van der Waals surface area contributed by atoms with Gasteiger partial charge in [-0.25, -0.2) is 0 Å². The summed E-state index contributed by atoms with van der Waals surface area (Å²) in [7, 11) is -2.56. The van der Waals surface area contributed by atoms with Gasteiger partial charge in [-0.2, -0.15) is 0 Å². The maximum atomic E-state index is 10.8. The average molecular weight is 233 g/mol. The number of rotatable bonds is 7. The summed E-state index contributed by atoms with van der Waals surface area (Å²) < 4.78 is 10.8. The summed E-state index contributed by atoms with van der Waals surface area (Å²) in [5, 5.41) is 8.48. The second kappa shape index (κ2) is 7.51. The number of carbonyl (C=O) groups is 1. The van der Waals surface area contributed by atoms with Crippen molar-refractivity contribution in [3.8, 4) is 0 Å². The van der Waals surface area contributed by atoms with Crippen LogP contribution in [0.4, 0.5) is 0 Å². The fourth-order valence-electron chi connectivity index (χ4n) is 1.02. The van der Waals surface area contributed by atoms with Gasteiger partial charge in [0.2, 0.25) is 0 Å². The Labute approximate surface area is 89.9 Å². The van der Waals surface area contributed by atoms with Gasteiger partial charge < -0.3 is 15.7 Å². The van der Waals surface area contributed by atoms with Gasteiger partial charge in [-0.3, -0.25) is 4.79 Å². The number of hydrogen-bond donors (Lipinski definition) is 2. The quantitative estimate of drug-likeness (QED) is 0.495. The first-order chi connectivity index (χ1) is 6.99. The molecule has 3 atom stereocenters. The minimum absolute atomic E-state index is 0.512. The van der Waals surface area contributed by atoms with E-state index in [-0.39, 0.29) is 0 Å². The first-order valence-corrected chi connectivity index (χ1v) is 6.04. The van der Waals surface area contributed by atoms with Crippen LogP contribution in [-0.4, -0.2) is 22.8 Å². The number of unbranched alkanes of at least 4 members (excludes halogenated alkanes) is 1. The lowest BCUT2D eigenvalue weighted by Crippen LogP contribution is -2.27. The van der Waals surface area contributed by atoms with Crippen molar-refractivity contribution >= 4 is 14.0 Å². The zero-order valence-corrected chi connectivity index (χ0v) is 9.52. The van der Waals surface area contributed by atoms with Crippen molar-refractivity contribution in [2.75, 3.05) is 0 Å². The van der Waals surface area contributed by atoms with Gasteiger partial charge >= 0.3 is 14.0 Å². The van der Waals surface area contributed by atoms with E-state index in [2.05, 4.69) is 0 Å². The molecule has 0 radical (unpaired) electrons. The number of hydrogen-bond acceptors (Lipinski definition) is 4. The summed E-state index contributed by atoms with van der Waals surface area (Å²) in [6, 6.07) is -1.14. The molecule has 3 N–H and O–H groups in total.